The molecule has 0 atom stereocenters. The molecule has 0 fully saturated rings. The Bertz CT molecular complexity index is 613. The molecule has 1 amide bonds. The van der Waals surface area contributed by atoms with Crippen molar-refractivity contribution >= 4 is 17.4 Å². The molecule has 2 rings (SSSR count). The summed E-state index contributed by atoms with van der Waals surface area (Å²) in [6, 6.07) is 0.211. The van der Waals surface area contributed by atoms with Gasteiger partial charge in [0, 0.05) is 6.04 Å². The van der Waals surface area contributed by atoms with Crippen LogP contribution in [0.15, 0.2) is 4.63 Å². The van der Waals surface area contributed by atoms with E-state index in [0.29, 0.717) is 5.69 Å². The molecule has 0 aliphatic heterocycles. The van der Waals surface area contributed by atoms with Crippen molar-refractivity contribution in [3.05, 3.63) is 17.1 Å². The van der Waals surface area contributed by atoms with Crippen molar-refractivity contribution in [1.82, 2.24) is 20.1 Å². The van der Waals surface area contributed by atoms with Gasteiger partial charge >= 0.3 is 0 Å². The first-order chi connectivity index (χ1) is 8.91. The number of nitrogens with two attached hydrogens (primary N) is 1. The number of nitrogens with one attached hydrogen (secondary N) is 1. The third-order valence-electron chi connectivity index (χ3n) is 2.78. The van der Waals surface area contributed by atoms with Crippen LogP contribution in [0.1, 0.15) is 41.8 Å². The Morgan fingerprint density at radius 3 is 2.53 bits per heavy atom. The zero-order valence-electron chi connectivity index (χ0n) is 11.3. The minimum Gasteiger partial charge on any atom is -0.379 e. The van der Waals surface area contributed by atoms with Crippen molar-refractivity contribution in [2.45, 2.75) is 33.7 Å². The number of aryl methyl sites for hydroxylation is 1. The standard InChI is InChI=1S/C11H16N6O2/c1-5(2)17-7(4)8(6(3)14-17)13-11(18)9-10(12)16-19-15-9/h5H,1-4H3,(H2,12,16)(H,13,18). The first kappa shape index (κ1) is 13.1. The molecular weight excluding hydrogens is 248 g/mol. The van der Waals surface area contributed by atoms with Crippen LogP contribution in [0.25, 0.3) is 0 Å². The van der Waals surface area contributed by atoms with Crippen molar-refractivity contribution in [2.24, 2.45) is 0 Å². The first-order valence-corrected chi connectivity index (χ1v) is 5.87. The SMILES string of the molecule is Cc1nn(C(C)C)c(C)c1NC(=O)c1nonc1N. The molecule has 0 saturated carbocycles. The van der Waals surface area contributed by atoms with Crippen LogP contribution in [0.2, 0.25) is 0 Å². The minimum absolute atomic E-state index is 0.0314. The number of nitrogen functional groups attached to an aromatic ring is 1. The Morgan fingerprint density at radius 2 is 2.05 bits per heavy atom. The van der Waals surface area contributed by atoms with Gasteiger partial charge in [-0.1, -0.05) is 0 Å². The summed E-state index contributed by atoms with van der Waals surface area (Å²) in [5, 5.41) is 13.9. The van der Waals surface area contributed by atoms with E-state index in [1.54, 1.807) is 0 Å². The summed E-state index contributed by atoms with van der Waals surface area (Å²) < 4.78 is 6.24. The molecule has 0 saturated heterocycles. The Morgan fingerprint density at radius 1 is 1.37 bits per heavy atom. The van der Waals surface area contributed by atoms with Gasteiger partial charge in [-0.2, -0.15) is 5.10 Å². The van der Waals surface area contributed by atoms with Crippen molar-refractivity contribution in [3.63, 3.8) is 0 Å². The number of hydrogen-bond acceptors (Lipinski definition) is 6. The largest absolute Gasteiger partial charge is 0.379 e. The lowest BCUT2D eigenvalue weighted by Crippen LogP contribution is -2.15. The molecule has 102 valence electrons. The van der Waals surface area contributed by atoms with E-state index in [1.807, 2.05) is 32.4 Å². The summed E-state index contributed by atoms with van der Waals surface area (Å²) >= 11 is 0. The van der Waals surface area contributed by atoms with E-state index in [0.717, 1.165) is 11.4 Å². The van der Waals surface area contributed by atoms with Crippen LogP contribution >= 0.6 is 0 Å². The second kappa shape index (κ2) is 4.71. The average molecular weight is 264 g/mol. The Kier molecular flexibility index (Phi) is 3.24. The molecule has 8 heteroatoms. The van der Waals surface area contributed by atoms with Crippen LogP contribution in [0.5, 0.6) is 0 Å². The lowest BCUT2D eigenvalue weighted by molar-refractivity contribution is 0.101. The van der Waals surface area contributed by atoms with E-state index >= 15 is 0 Å². The van der Waals surface area contributed by atoms with Crippen LogP contribution in [0, 0.1) is 13.8 Å². The molecule has 0 unspecified atom stereocenters. The number of carbonyl (C=O) groups excluding carboxylic acids is 1. The summed E-state index contributed by atoms with van der Waals surface area (Å²) in [5.41, 5.74) is 7.70. The molecule has 19 heavy (non-hydrogen) atoms. The third kappa shape index (κ3) is 2.28. The number of hydrogen-bond donors (Lipinski definition) is 2. The minimum atomic E-state index is -0.465. The molecule has 2 aromatic heterocycles. The van der Waals surface area contributed by atoms with Crippen molar-refractivity contribution in [1.29, 1.82) is 0 Å². The maximum Gasteiger partial charge on any atom is 0.281 e. The van der Waals surface area contributed by atoms with E-state index in [9.17, 15) is 4.79 Å². The fraction of sp³-hybridized carbons (Fsp3) is 0.455. The highest BCUT2D eigenvalue weighted by atomic mass is 16.6. The zero-order valence-corrected chi connectivity index (χ0v) is 11.3. The van der Waals surface area contributed by atoms with Crippen LogP contribution in [0.4, 0.5) is 11.5 Å². The third-order valence-corrected chi connectivity index (χ3v) is 2.78. The van der Waals surface area contributed by atoms with Crippen molar-refractivity contribution in [2.75, 3.05) is 11.1 Å². The number of rotatable bonds is 3. The van der Waals surface area contributed by atoms with Crippen LogP contribution in [-0.2, 0) is 0 Å². The first-order valence-electron chi connectivity index (χ1n) is 5.87. The second-order valence-electron chi connectivity index (χ2n) is 4.54. The van der Waals surface area contributed by atoms with Gasteiger partial charge < -0.3 is 11.1 Å². The normalized spacial score (nSPS) is 11.0. The molecule has 0 aliphatic rings. The molecule has 0 bridgehead atoms. The van der Waals surface area contributed by atoms with E-state index in [4.69, 9.17) is 5.73 Å². The number of anilines is 2. The van der Waals surface area contributed by atoms with Crippen LogP contribution in [0.3, 0.4) is 0 Å². The van der Waals surface area contributed by atoms with Gasteiger partial charge in [0.1, 0.15) is 0 Å². The fourth-order valence-corrected chi connectivity index (χ4v) is 1.87. The highest BCUT2D eigenvalue weighted by Crippen LogP contribution is 2.23. The van der Waals surface area contributed by atoms with E-state index in [-0.39, 0.29) is 17.6 Å². The van der Waals surface area contributed by atoms with Crippen LogP contribution < -0.4 is 11.1 Å². The van der Waals surface area contributed by atoms with Gasteiger partial charge in [0.15, 0.2) is 0 Å². The molecule has 0 spiro atoms. The molecular formula is C11H16N6O2. The summed E-state index contributed by atoms with van der Waals surface area (Å²) in [5.74, 6) is -0.502. The molecule has 0 radical (unpaired) electrons. The zero-order chi connectivity index (χ0) is 14.2. The van der Waals surface area contributed by atoms with E-state index < -0.39 is 5.91 Å². The predicted octanol–water partition coefficient (Wildman–Crippen LogP) is 1.30. The summed E-state index contributed by atoms with van der Waals surface area (Å²) in [6.45, 7) is 7.75. The van der Waals surface area contributed by atoms with Gasteiger partial charge in [0.05, 0.1) is 17.1 Å². The summed E-state index contributed by atoms with van der Waals surface area (Å²) in [6.07, 6.45) is 0. The lowest BCUT2D eigenvalue weighted by Gasteiger charge is -2.08. The highest BCUT2D eigenvalue weighted by molar-refractivity contribution is 6.06. The molecule has 0 aliphatic carbocycles. The molecule has 0 aromatic carbocycles. The van der Waals surface area contributed by atoms with Crippen molar-refractivity contribution < 1.29 is 9.42 Å². The summed E-state index contributed by atoms with van der Waals surface area (Å²) in [7, 11) is 0. The quantitative estimate of drug-likeness (QED) is 0.864. The summed E-state index contributed by atoms with van der Waals surface area (Å²) in [4.78, 5) is 12.0. The second-order valence-corrected chi connectivity index (χ2v) is 4.54. The number of nitrogens with zero attached hydrogens (tertiary/aromatic N) is 4. The average Bonchev–Trinajstić information content (AvgIpc) is 2.87. The van der Waals surface area contributed by atoms with Gasteiger partial charge in [-0.3, -0.25) is 9.48 Å². The number of carbonyl (C=O) groups is 1. The molecule has 2 heterocycles. The van der Waals surface area contributed by atoms with Gasteiger partial charge in [-0.25, -0.2) is 4.63 Å². The number of amides is 1. The lowest BCUT2D eigenvalue weighted by atomic mass is 10.3. The van der Waals surface area contributed by atoms with E-state index in [1.165, 1.54) is 0 Å². The van der Waals surface area contributed by atoms with Gasteiger partial charge in [0.25, 0.3) is 5.91 Å². The fourth-order valence-electron chi connectivity index (χ4n) is 1.87. The number of aromatic nitrogens is 4. The highest BCUT2D eigenvalue weighted by Gasteiger charge is 2.20. The topological polar surface area (TPSA) is 112 Å². The van der Waals surface area contributed by atoms with Crippen LogP contribution in [-0.4, -0.2) is 26.0 Å². The smallest absolute Gasteiger partial charge is 0.281 e. The Balaban J connectivity index is 2.30. The van der Waals surface area contributed by atoms with Crippen molar-refractivity contribution in [3.8, 4) is 0 Å². The van der Waals surface area contributed by atoms with Gasteiger partial charge in [-0.05, 0) is 38.0 Å². The maximum absolute atomic E-state index is 12.0. The van der Waals surface area contributed by atoms with Gasteiger partial charge in [0.2, 0.25) is 11.5 Å². The monoisotopic (exact) mass is 264 g/mol. The maximum atomic E-state index is 12.0. The predicted molar refractivity (Wildman–Crippen MR) is 68.7 cm³/mol. The molecule has 3 N–H and O–H groups in total. The van der Waals surface area contributed by atoms with E-state index in [2.05, 4.69) is 25.4 Å². The molecule has 2 aromatic rings. The molecule has 8 nitrogen and oxygen atoms in total. The Labute approximate surface area is 109 Å². The Hall–Kier alpha value is -2.38. The van der Waals surface area contributed by atoms with Gasteiger partial charge in [-0.15, -0.1) is 0 Å².